The molecule has 7 nitrogen and oxygen atoms in total. The van der Waals surface area contributed by atoms with Crippen molar-refractivity contribution in [3.63, 3.8) is 0 Å². The summed E-state index contributed by atoms with van der Waals surface area (Å²) in [6.07, 6.45) is 4.38. The number of carbonyl (C=O) groups is 1. The molecular formula is C36H33N3O4. The summed E-state index contributed by atoms with van der Waals surface area (Å²) >= 11 is 0. The van der Waals surface area contributed by atoms with Gasteiger partial charge < -0.3 is 14.6 Å². The maximum atomic E-state index is 12.3. The van der Waals surface area contributed by atoms with Crippen LogP contribution in [-0.4, -0.2) is 38.0 Å². The second kappa shape index (κ2) is 9.83. The van der Waals surface area contributed by atoms with Crippen LogP contribution in [0.3, 0.4) is 0 Å². The summed E-state index contributed by atoms with van der Waals surface area (Å²) in [5.74, 6) is 0.491. The molecule has 0 saturated heterocycles. The van der Waals surface area contributed by atoms with Crippen LogP contribution in [0.1, 0.15) is 37.5 Å². The Balaban J connectivity index is 1.55. The quantitative estimate of drug-likeness (QED) is 0.229. The number of aryl methyl sites for hydroxylation is 2. The average molecular weight is 572 g/mol. The molecular weight excluding hydrogens is 538 g/mol. The minimum atomic E-state index is -0.887. The van der Waals surface area contributed by atoms with Crippen molar-refractivity contribution in [2.75, 3.05) is 6.61 Å². The lowest BCUT2D eigenvalue weighted by Crippen LogP contribution is -2.24. The van der Waals surface area contributed by atoms with Gasteiger partial charge in [0.25, 0.3) is 0 Å². The van der Waals surface area contributed by atoms with E-state index in [1.165, 1.54) is 5.56 Å². The second-order valence-corrected chi connectivity index (χ2v) is 12.3. The predicted molar refractivity (Wildman–Crippen MR) is 170 cm³/mol. The van der Waals surface area contributed by atoms with Gasteiger partial charge in [0.2, 0.25) is 0 Å². The molecule has 0 saturated carbocycles. The van der Waals surface area contributed by atoms with Crippen LogP contribution in [0.15, 0.2) is 67.0 Å². The molecule has 4 aromatic carbocycles. The smallest absolute Gasteiger partial charge is 0.307 e. The standard InChI is InChI=1S/C36H33N3O4/c1-20-14-24-15-22(23-7-9-28-25(16-23)19-38-39(28)5)6-8-26(24)33(27(20)17-31(40)41)34-30(43-36(2,3)4)18-29-32-21(11-13-42-29)10-12-37-35(32)34/h6-10,12,14-16,18-19H,11,13,17H2,1-5H3,(H,40,41). The van der Waals surface area contributed by atoms with Crippen molar-refractivity contribution in [2.24, 2.45) is 7.05 Å². The number of fused-ring (bicyclic) bond motifs is 2. The highest BCUT2D eigenvalue weighted by Gasteiger charge is 2.28. The summed E-state index contributed by atoms with van der Waals surface area (Å²) in [7, 11) is 1.94. The highest BCUT2D eigenvalue weighted by molar-refractivity contribution is 6.11. The molecule has 7 heteroatoms. The lowest BCUT2D eigenvalue weighted by molar-refractivity contribution is -0.136. The summed E-state index contributed by atoms with van der Waals surface area (Å²) in [5, 5.41) is 18.4. The molecule has 6 aromatic rings. The fourth-order valence-corrected chi connectivity index (χ4v) is 6.37. The summed E-state index contributed by atoms with van der Waals surface area (Å²) in [5.41, 5.74) is 7.96. The largest absolute Gasteiger partial charge is 0.492 e. The highest BCUT2D eigenvalue weighted by Crippen LogP contribution is 2.49. The molecule has 1 aliphatic rings. The van der Waals surface area contributed by atoms with E-state index in [0.29, 0.717) is 12.4 Å². The Morgan fingerprint density at radius 2 is 1.79 bits per heavy atom. The van der Waals surface area contributed by atoms with Crippen molar-refractivity contribution in [2.45, 2.75) is 46.1 Å². The number of hydrogen-bond acceptors (Lipinski definition) is 5. The Bertz CT molecular complexity index is 2100. The molecule has 1 N–H and O–H groups in total. The summed E-state index contributed by atoms with van der Waals surface area (Å²) in [6, 6.07) is 18.8. The Kier molecular flexibility index (Phi) is 6.16. The maximum Gasteiger partial charge on any atom is 0.307 e. The van der Waals surface area contributed by atoms with Gasteiger partial charge in [0.15, 0.2) is 0 Å². The van der Waals surface area contributed by atoms with Crippen molar-refractivity contribution in [1.29, 1.82) is 0 Å². The molecule has 216 valence electrons. The third kappa shape index (κ3) is 4.65. The topological polar surface area (TPSA) is 86.5 Å². The molecule has 2 aromatic heterocycles. The molecule has 43 heavy (non-hydrogen) atoms. The van der Waals surface area contributed by atoms with E-state index in [1.54, 1.807) is 0 Å². The first-order valence-corrected chi connectivity index (χ1v) is 14.5. The number of benzene rings is 4. The zero-order valence-electron chi connectivity index (χ0n) is 25.0. The van der Waals surface area contributed by atoms with Crippen molar-refractivity contribution < 1.29 is 19.4 Å². The lowest BCUT2D eigenvalue weighted by atomic mass is 9.85. The fraction of sp³-hybridized carbons (Fsp3) is 0.250. The first kappa shape index (κ1) is 27.0. The van der Waals surface area contributed by atoms with Crippen molar-refractivity contribution in [3.05, 3.63) is 83.7 Å². The number of ether oxygens (including phenoxy) is 2. The molecule has 0 radical (unpaired) electrons. The Morgan fingerprint density at radius 1 is 1.02 bits per heavy atom. The number of rotatable bonds is 5. The van der Waals surface area contributed by atoms with E-state index in [4.69, 9.17) is 14.5 Å². The summed E-state index contributed by atoms with van der Waals surface area (Å²) < 4.78 is 14.6. The minimum Gasteiger partial charge on any atom is -0.492 e. The van der Waals surface area contributed by atoms with E-state index in [9.17, 15) is 9.90 Å². The summed E-state index contributed by atoms with van der Waals surface area (Å²) in [6.45, 7) is 8.60. The monoisotopic (exact) mass is 571 g/mol. The molecule has 0 bridgehead atoms. The zero-order chi connectivity index (χ0) is 30.0. The number of aliphatic carboxylic acids is 1. The Labute approximate surface area is 249 Å². The van der Waals surface area contributed by atoms with Crippen molar-refractivity contribution in [3.8, 4) is 33.8 Å². The zero-order valence-corrected chi connectivity index (χ0v) is 25.0. The van der Waals surface area contributed by atoms with Gasteiger partial charge in [-0.25, -0.2) is 0 Å². The normalized spacial score (nSPS) is 13.0. The molecule has 0 spiro atoms. The van der Waals surface area contributed by atoms with Gasteiger partial charge >= 0.3 is 5.97 Å². The van der Waals surface area contributed by atoms with Crippen LogP contribution in [0.2, 0.25) is 0 Å². The van der Waals surface area contributed by atoms with Gasteiger partial charge in [0.1, 0.15) is 17.1 Å². The average Bonchev–Trinajstić information content (AvgIpc) is 3.33. The molecule has 0 aliphatic carbocycles. The summed E-state index contributed by atoms with van der Waals surface area (Å²) in [4.78, 5) is 17.1. The van der Waals surface area contributed by atoms with Gasteiger partial charge in [-0.15, -0.1) is 0 Å². The van der Waals surface area contributed by atoms with Crippen molar-refractivity contribution >= 4 is 38.5 Å². The third-order valence-corrected chi connectivity index (χ3v) is 8.20. The second-order valence-electron chi connectivity index (χ2n) is 12.3. The first-order chi connectivity index (χ1) is 20.6. The van der Waals surface area contributed by atoms with Crippen LogP contribution < -0.4 is 9.47 Å². The van der Waals surface area contributed by atoms with E-state index in [0.717, 1.165) is 78.1 Å². The van der Waals surface area contributed by atoms with E-state index < -0.39 is 11.6 Å². The van der Waals surface area contributed by atoms with Crippen LogP contribution in [0.5, 0.6) is 11.5 Å². The first-order valence-electron chi connectivity index (χ1n) is 14.5. The Hall–Kier alpha value is -4.91. The fourth-order valence-electron chi connectivity index (χ4n) is 6.37. The van der Waals surface area contributed by atoms with E-state index in [2.05, 4.69) is 47.6 Å². The van der Waals surface area contributed by atoms with Gasteiger partial charge in [-0.05, 0) is 96.1 Å². The van der Waals surface area contributed by atoms with Gasteiger partial charge in [0, 0.05) is 36.5 Å². The number of pyridine rings is 1. The third-order valence-electron chi connectivity index (χ3n) is 8.20. The number of nitrogens with zero attached hydrogens (tertiary/aromatic N) is 3. The van der Waals surface area contributed by atoms with E-state index in [1.807, 2.05) is 64.0 Å². The Morgan fingerprint density at radius 3 is 2.56 bits per heavy atom. The van der Waals surface area contributed by atoms with E-state index in [-0.39, 0.29) is 6.42 Å². The molecule has 1 aliphatic heterocycles. The van der Waals surface area contributed by atoms with Crippen LogP contribution in [0, 0.1) is 6.92 Å². The molecule has 0 fully saturated rings. The van der Waals surface area contributed by atoms with Crippen LogP contribution in [0.4, 0.5) is 0 Å². The highest BCUT2D eigenvalue weighted by atomic mass is 16.5. The predicted octanol–water partition coefficient (Wildman–Crippen LogP) is 7.66. The number of carboxylic acid groups (broad SMARTS) is 1. The van der Waals surface area contributed by atoms with Crippen LogP contribution in [0.25, 0.3) is 54.8 Å². The van der Waals surface area contributed by atoms with Gasteiger partial charge in [0.05, 0.1) is 35.8 Å². The minimum absolute atomic E-state index is 0.120. The molecule has 0 amide bonds. The molecule has 0 atom stereocenters. The van der Waals surface area contributed by atoms with Crippen LogP contribution >= 0.6 is 0 Å². The van der Waals surface area contributed by atoms with Crippen LogP contribution in [-0.2, 0) is 24.7 Å². The van der Waals surface area contributed by atoms with Gasteiger partial charge in [-0.2, -0.15) is 5.10 Å². The lowest BCUT2D eigenvalue weighted by Gasteiger charge is -2.28. The number of carboxylic acids is 1. The SMILES string of the molecule is Cc1cc2cc(-c3ccc4c(cnn4C)c3)ccc2c(-c2c(OC(C)(C)C)cc3c4c(ccnc24)CCO3)c1CC(=O)O. The number of aromatic nitrogens is 3. The van der Waals surface area contributed by atoms with Crippen molar-refractivity contribution in [1.82, 2.24) is 14.8 Å². The van der Waals surface area contributed by atoms with Gasteiger partial charge in [-0.1, -0.05) is 24.3 Å². The maximum absolute atomic E-state index is 12.3. The van der Waals surface area contributed by atoms with Gasteiger partial charge in [-0.3, -0.25) is 14.5 Å². The van der Waals surface area contributed by atoms with E-state index >= 15 is 0 Å². The molecule has 7 rings (SSSR count). The molecule has 3 heterocycles. The molecule has 0 unspecified atom stereocenters. The number of hydrogen-bond donors (Lipinski definition) is 1.